The lowest BCUT2D eigenvalue weighted by atomic mass is 10.0. The lowest BCUT2D eigenvalue weighted by Gasteiger charge is -2.21. The summed E-state index contributed by atoms with van der Waals surface area (Å²) in [6.45, 7) is 5.30. The molecule has 1 unspecified atom stereocenters. The van der Waals surface area contributed by atoms with Gasteiger partial charge in [-0.05, 0) is 37.1 Å². The Kier molecular flexibility index (Phi) is 3.63. The number of rotatable bonds is 2. The second-order valence-corrected chi connectivity index (χ2v) is 6.58. The highest BCUT2D eigenvalue weighted by atomic mass is 35.5. The fraction of sp³-hybridized carbons (Fsp3) is 0.333. The minimum Gasteiger partial charge on any atom is -0.486 e. The van der Waals surface area contributed by atoms with Gasteiger partial charge < -0.3 is 15.2 Å². The molecule has 0 saturated heterocycles. The summed E-state index contributed by atoms with van der Waals surface area (Å²) in [6.07, 6.45) is 0. The molecule has 0 spiro atoms. The van der Waals surface area contributed by atoms with E-state index in [1.54, 1.807) is 17.4 Å². The Bertz CT molecular complexity index is 634. The molecule has 2 N–H and O–H groups in total. The average Bonchev–Trinajstić information content (AvgIpc) is 2.77. The highest BCUT2D eigenvalue weighted by molar-refractivity contribution is 7.12. The molecule has 0 radical (unpaired) electrons. The summed E-state index contributed by atoms with van der Waals surface area (Å²) >= 11 is 8.05. The van der Waals surface area contributed by atoms with Crippen molar-refractivity contribution in [3.63, 3.8) is 0 Å². The third kappa shape index (κ3) is 2.39. The lowest BCUT2D eigenvalue weighted by Crippen LogP contribution is -2.17. The molecule has 3 rings (SSSR count). The first-order valence-corrected chi connectivity index (χ1v) is 7.67. The summed E-state index contributed by atoms with van der Waals surface area (Å²) in [5.41, 5.74) is 8.49. The molecule has 2 heterocycles. The number of thiophene rings is 1. The van der Waals surface area contributed by atoms with Gasteiger partial charge in [-0.3, -0.25) is 0 Å². The number of halogens is 1. The van der Waals surface area contributed by atoms with E-state index < -0.39 is 0 Å². The molecular weight excluding hydrogens is 294 g/mol. The zero-order chi connectivity index (χ0) is 14.3. The Labute approximate surface area is 127 Å². The number of benzene rings is 1. The predicted molar refractivity (Wildman–Crippen MR) is 82.3 cm³/mol. The molecule has 3 nitrogen and oxygen atoms in total. The average molecular weight is 310 g/mol. The first-order chi connectivity index (χ1) is 9.56. The van der Waals surface area contributed by atoms with Gasteiger partial charge in [0.05, 0.1) is 6.04 Å². The Morgan fingerprint density at radius 1 is 1.15 bits per heavy atom. The minimum atomic E-state index is -0.240. The monoisotopic (exact) mass is 309 g/mol. The van der Waals surface area contributed by atoms with Crippen LogP contribution in [0.2, 0.25) is 5.02 Å². The molecule has 0 bridgehead atoms. The summed E-state index contributed by atoms with van der Waals surface area (Å²) in [6, 6.07) is 5.57. The zero-order valence-electron chi connectivity index (χ0n) is 11.4. The van der Waals surface area contributed by atoms with E-state index in [4.69, 9.17) is 26.8 Å². The van der Waals surface area contributed by atoms with Crippen molar-refractivity contribution in [2.24, 2.45) is 5.73 Å². The first kappa shape index (κ1) is 13.7. The van der Waals surface area contributed by atoms with Crippen LogP contribution in [-0.2, 0) is 0 Å². The molecular formula is C15H16ClNO2S. The molecule has 0 saturated carbocycles. The molecule has 0 fully saturated rings. The molecule has 1 atom stereocenters. The van der Waals surface area contributed by atoms with Crippen molar-refractivity contribution in [3.05, 3.63) is 44.1 Å². The van der Waals surface area contributed by atoms with E-state index in [-0.39, 0.29) is 6.04 Å². The topological polar surface area (TPSA) is 44.5 Å². The van der Waals surface area contributed by atoms with Crippen molar-refractivity contribution in [2.45, 2.75) is 19.9 Å². The lowest BCUT2D eigenvalue weighted by molar-refractivity contribution is 0.171. The van der Waals surface area contributed by atoms with Crippen LogP contribution in [-0.4, -0.2) is 13.2 Å². The Morgan fingerprint density at radius 2 is 1.80 bits per heavy atom. The summed E-state index contributed by atoms with van der Waals surface area (Å²) in [5, 5.41) is 0.616. The second kappa shape index (κ2) is 5.28. The van der Waals surface area contributed by atoms with Crippen molar-refractivity contribution < 1.29 is 9.47 Å². The maximum Gasteiger partial charge on any atom is 0.162 e. The molecule has 106 valence electrons. The van der Waals surface area contributed by atoms with E-state index in [2.05, 4.69) is 19.9 Å². The highest BCUT2D eigenvalue weighted by Crippen LogP contribution is 2.40. The van der Waals surface area contributed by atoms with Gasteiger partial charge in [0.25, 0.3) is 0 Å². The van der Waals surface area contributed by atoms with Crippen LogP contribution < -0.4 is 15.2 Å². The van der Waals surface area contributed by atoms with Crippen LogP contribution in [0.1, 0.15) is 26.9 Å². The fourth-order valence-electron chi connectivity index (χ4n) is 2.23. The molecule has 0 amide bonds. The molecule has 0 aliphatic carbocycles. The molecule has 1 aliphatic heterocycles. The van der Waals surface area contributed by atoms with Crippen molar-refractivity contribution in [2.75, 3.05) is 13.2 Å². The van der Waals surface area contributed by atoms with Gasteiger partial charge in [0.1, 0.15) is 13.2 Å². The Morgan fingerprint density at radius 3 is 2.40 bits per heavy atom. The summed E-state index contributed by atoms with van der Waals surface area (Å²) in [4.78, 5) is 2.39. The molecule has 20 heavy (non-hydrogen) atoms. The Balaban J connectivity index is 2.00. The molecule has 1 aromatic heterocycles. The number of fused-ring (bicyclic) bond motifs is 1. The molecule has 5 heteroatoms. The minimum absolute atomic E-state index is 0.240. The van der Waals surface area contributed by atoms with Gasteiger partial charge >= 0.3 is 0 Å². The first-order valence-electron chi connectivity index (χ1n) is 6.48. The number of nitrogens with two attached hydrogens (primary N) is 1. The summed E-state index contributed by atoms with van der Waals surface area (Å²) < 4.78 is 11.1. The van der Waals surface area contributed by atoms with Crippen LogP contribution in [0.25, 0.3) is 0 Å². The van der Waals surface area contributed by atoms with E-state index in [0.717, 1.165) is 16.2 Å². The van der Waals surface area contributed by atoms with E-state index in [1.807, 2.05) is 6.07 Å². The van der Waals surface area contributed by atoms with Crippen LogP contribution in [0.5, 0.6) is 11.5 Å². The number of ether oxygens (including phenoxy) is 2. The van der Waals surface area contributed by atoms with E-state index >= 15 is 0 Å². The van der Waals surface area contributed by atoms with Gasteiger partial charge in [-0.2, -0.15) is 0 Å². The van der Waals surface area contributed by atoms with Crippen molar-refractivity contribution >= 4 is 22.9 Å². The standard InChI is InChI=1S/C15H16ClNO2S/c1-8-5-14(20-9(8)2)15(17)10-6-12-13(7-11(10)16)19-4-3-18-12/h5-7,15H,3-4,17H2,1-2H3. The predicted octanol–water partition coefficient (Wildman–Crippen LogP) is 3.84. The normalized spacial score (nSPS) is 15.2. The summed E-state index contributed by atoms with van der Waals surface area (Å²) in [7, 11) is 0. The van der Waals surface area contributed by atoms with Gasteiger partial charge in [0.2, 0.25) is 0 Å². The van der Waals surface area contributed by atoms with Crippen molar-refractivity contribution in [1.29, 1.82) is 0 Å². The number of hydrogen-bond donors (Lipinski definition) is 1. The third-order valence-corrected chi connectivity index (χ3v) is 5.05. The maximum absolute atomic E-state index is 6.36. The van der Waals surface area contributed by atoms with Crippen LogP contribution in [0.3, 0.4) is 0 Å². The highest BCUT2D eigenvalue weighted by Gasteiger charge is 2.20. The van der Waals surface area contributed by atoms with Crippen molar-refractivity contribution in [3.8, 4) is 11.5 Å². The van der Waals surface area contributed by atoms with Gasteiger partial charge in [0, 0.05) is 20.8 Å². The Hall–Kier alpha value is -1.23. The van der Waals surface area contributed by atoms with Crippen LogP contribution >= 0.6 is 22.9 Å². The van der Waals surface area contributed by atoms with Crippen LogP contribution in [0.4, 0.5) is 0 Å². The molecule has 1 aromatic carbocycles. The SMILES string of the molecule is Cc1cc(C(N)c2cc3c(cc2Cl)OCCO3)sc1C. The van der Waals surface area contributed by atoms with Gasteiger partial charge in [0.15, 0.2) is 11.5 Å². The zero-order valence-corrected chi connectivity index (χ0v) is 13.0. The molecule has 1 aliphatic rings. The second-order valence-electron chi connectivity index (χ2n) is 4.88. The van der Waals surface area contributed by atoms with E-state index in [9.17, 15) is 0 Å². The fourth-order valence-corrected chi connectivity index (χ4v) is 3.56. The van der Waals surface area contributed by atoms with Crippen LogP contribution in [0, 0.1) is 13.8 Å². The van der Waals surface area contributed by atoms with E-state index in [1.165, 1.54) is 10.4 Å². The van der Waals surface area contributed by atoms with Crippen molar-refractivity contribution in [1.82, 2.24) is 0 Å². The summed E-state index contributed by atoms with van der Waals surface area (Å²) in [5.74, 6) is 1.41. The van der Waals surface area contributed by atoms with Crippen LogP contribution in [0.15, 0.2) is 18.2 Å². The molecule has 2 aromatic rings. The number of aryl methyl sites for hydroxylation is 2. The smallest absolute Gasteiger partial charge is 0.162 e. The quantitative estimate of drug-likeness (QED) is 0.916. The third-order valence-electron chi connectivity index (χ3n) is 3.49. The number of hydrogen-bond acceptors (Lipinski definition) is 4. The van der Waals surface area contributed by atoms with Gasteiger partial charge in [-0.25, -0.2) is 0 Å². The van der Waals surface area contributed by atoms with E-state index in [0.29, 0.717) is 24.0 Å². The van der Waals surface area contributed by atoms with Gasteiger partial charge in [-0.15, -0.1) is 11.3 Å². The van der Waals surface area contributed by atoms with Gasteiger partial charge in [-0.1, -0.05) is 11.6 Å². The largest absolute Gasteiger partial charge is 0.486 e. The maximum atomic E-state index is 6.36.